The van der Waals surface area contributed by atoms with Gasteiger partial charge in [-0.15, -0.1) is 0 Å². The molecule has 3 heteroatoms. The van der Waals surface area contributed by atoms with Gasteiger partial charge in [-0.25, -0.2) is 0 Å². The molecule has 1 aromatic heterocycles. The number of nitrogens with one attached hydrogen (secondary N) is 1. The summed E-state index contributed by atoms with van der Waals surface area (Å²) in [5.74, 6) is 0.516. The van der Waals surface area contributed by atoms with E-state index in [1.165, 1.54) is 22.9 Å². The highest BCUT2D eigenvalue weighted by Crippen LogP contribution is 2.31. The van der Waals surface area contributed by atoms with Crippen LogP contribution in [0.5, 0.6) is 0 Å². The van der Waals surface area contributed by atoms with Crippen LogP contribution in [0.4, 0.5) is 0 Å². The van der Waals surface area contributed by atoms with E-state index in [4.69, 9.17) is 4.74 Å². The molecular weight excluding hydrogens is 248 g/mol. The standard InChI is InChI=1S/C17H22N2O/c1-2-18-16(14-7-5-11-20-12-14)17-15-8-4-3-6-13(15)9-10-19-17/h3-4,6,8-10,14,16,18H,2,5,7,11-12H2,1H3. The maximum Gasteiger partial charge on any atom is 0.0655 e. The molecule has 20 heavy (non-hydrogen) atoms. The number of aromatic nitrogens is 1. The molecule has 2 aromatic rings. The predicted molar refractivity (Wildman–Crippen MR) is 81.7 cm³/mol. The second-order valence-electron chi connectivity index (χ2n) is 5.43. The van der Waals surface area contributed by atoms with Crippen LogP contribution in [0.25, 0.3) is 10.8 Å². The molecule has 0 saturated carbocycles. The van der Waals surface area contributed by atoms with Gasteiger partial charge >= 0.3 is 0 Å². The number of hydrogen-bond donors (Lipinski definition) is 1. The van der Waals surface area contributed by atoms with Gasteiger partial charge in [-0.1, -0.05) is 31.2 Å². The number of hydrogen-bond acceptors (Lipinski definition) is 3. The van der Waals surface area contributed by atoms with Gasteiger partial charge in [0.05, 0.1) is 18.3 Å². The van der Waals surface area contributed by atoms with E-state index in [1.54, 1.807) is 0 Å². The van der Waals surface area contributed by atoms with Crippen LogP contribution in [0.15, 0.2) is 36.5 Å². The molecule has 2 heterocycles. The minimum atomic E-state index is 0.284. The minimum absolute atomic E-state index is 0.284. The molecule has 0 bridgehead atoms. The van der Waals surface area contributed by atoms with Crippen molar-refractivity contribution in [3.05, 3.63) is 42.2 Å². The Morgan fingerprint density at radius 2 is 2.25 bits per heavy atom. The Morgan fingerprint density at radius 1 is 1.35 bits per heavy atom. The van der Waals surface area contributed by atoms with Crippen molar-refractivity contribution >= 4 is 10.8 Å². The van der Waals surface area contributed by atoms with E-state index in [0.717, 1.165) is 26.2 Å². The third-order valence-electron chi connectivity index (χ3n) is 4.09. The molecule has 1 aliphatic heterocycles. The van der Waals surface area contributed by atoms with E-state index in [0.29, 0.717) is 5.92 Å². The molecule has 2 unspecified atom stereocenters. The molecule has 3 nitrogen and oxygen atoms in total. The van der Waals surface area contributed by atoms with Crippen molar-refractivity contribution in [2.45, 2.75) is 25.8 Å². The van der Waals surface area contributed by atoms with Gasteiger partial charge in [0.1, 0.15) is 0 Å². The lowest BCUT2D eigenvalue weighted by Gasteiger charge is -2.31. The topological polar surface area (TPSA) is 34.2 Å². The lowest BCUT2D eigenvalue weighted by atomic mass is 9.89. The van der Waals surface area contributed by atoms with E-state index < -0.39 is 0 Å². The lowest BCUT2D eigenvalue weighted by Crippen LogP contribution is -2.34. The summed E-state index contributed by atoms with van der Waals surface area (Å²) < 4.78 is 5.68. The maximum atomic E-state index is 5.68. The van der Waals surface area contributed by atoms with Crippen LogP contribution >= 0.6 is 0 Å². The average molecular weight is 270 g/mol. The molecule has 0 spiro atoms. The van der Waals surface area contributed by atoms with Gasteiger partial charge < -0.3 is 10.1 Å². The largest absolute Gasteiger partial charge is 0.381 e. The monoisotopic (exact) mass is 270 g/mol. The quantitative estimate of drug-likeness (QED) is 0.925. The van der Waals surface area contributed by atoms with Crippen LogP contribution in [-0.2, 0) is 4.74 Å². The second-order valence-corrected chi connectivity index (χ2v) is 5.43. The lowest BCUT2D eigenvalue weighted by molar-refractivity contribution is 0.0389. The fourth-order valence-electron chi connectivity index (χ4n) is 3.13. The molecule has 0 radical (unpaired) electrons. The first kappa shape index (κ1) is 13.5. The van der Waals surface area contributed by atoms with Crippen molar-refractivity contribution in [2.24, 2.45) is 5.92 Å². The van der Waals surface area contributed by atoms with Crippen LogP contribution in [0.2, 0.25) is 0 Å². The Balaban J connectivity index is 2.00. The van der Waals surface area contributed by atoms with Gasteiger partial charge in [0.2, 0.25) is 0 Å². The molecule has 0 aliphatic carbocycles. The zero-order chi connectivity index (χ0) is 13.8. The van der Waals surface area contributed by atoms with Crippen molar-refractivity contribution in [1.82, 2.24) is 10.3 Å². The van der Waals surface area contributed by atoms with Crippen LogP contribution in [0, 0.1) is 5.92 Å². The summed E-state index contributed by atoms with van der Waals surface area (Å²) in [6.07, 6.45) is 4.28. The van der Waals surface area contributed by atoms with Crippen LogP contribution in [0.1, 0.15) is 31.5 Å². The fourth-order valence-corrected chi connectivity index (χ4v) is 3.13. The average Bonchev–Trinajstić information content (AvgIpc) is 2.53. The number of rotatable bonds is 4. The third-order valence-corrected chi connectivity index (χ3v) is 4.09. The first-order valence-electron chi connectivity index (χ1n) is 7.55. The van der Waals surface area contributed by atoms with Crippen molar-refractivity contribution in [3.63, 3.8) is 0 Å². The zero-order valence-electron chi connectivity index (χ0n) is 12.0. The van der Waals surface area contributed by atoms with Crippen molar-refractivity contribution in [1.29, 1.82) is 0 Å². The van der Waals surface area contributed by atoms with E-state index in [1.807, 2.05) is 6.20 Å². The van der Waals surface area contributed by atoms with Crippen LogP contribution in [0.3, 0.4) is 0 Å². The highest BCUT2D eigenvalue weighted by Gasteiger charge is 2.27. The summed E-state index contributed by atoms with van der Waals surface area (Å²) in [5.41, 5.74) is 1.17. The Bertz CT molecular complexity index is 558. The molecule has 3 rings (SSSR count). The van der Waals surface area contributed by atoms with E-state index in [9.17, 15) is 0 Å². The van der Waals surface area contributed by atoms with Crippen LogP contribution in [-0.4, -0.2) is 24.7 Å². The summed E-state index contributed by atoms with van der Waals surface area (Å²) >= 11 is 0. The number of ether oxygens (including phenoxy) is 1. The fraction of sp³-hybridized carbons (Fsp3) is 0.471. The normalized spacial score (nSPS) is 20.9. The van der Waals surface area contributed by atoms with Crippen LogP contribution < -0.4 is 5.32 Å². The molecule has 106 valence electrons. The van der Waals surface area contributed by atoms with Gasteiger partial charge in [0.25, 0.3) is 0 Å². The number of fused-ring (bicyclic) bond motifs is 1. The Morgan fingerprint density at radius 3 is 3.05 bits per heavy atom. The van der Waals surface area contributed by atoms with E-state index >= 15 is 0 Å². The molecular formula is C17H22N2O. The summed E-state index contributed by atoms with van der Waals surface area (Å²) in [6.45, 7) is 4.84. The van der Waals surface area contributed by atoms with Gasteiger partial charge in [-0.3, -0.25) is 4.98 Å². The first-order chi connectivity index (χ1) is 9.90. The molecule has 1 fully saturated rings. The van der Waals surface area contributed by atoms with Gasteiger partial charge in [0, 0.05) is 24.1 Å². The molecule has 1 N–H and O–H groups in total. The minimum Gasteiger partial charge on any atom is -0.381 e. The summed E-state index contributed by atoms with van der Waals surface area (Å²) in [4.78, 5) is 4.68. The molecule has 2 atom stereocenters. The second kappa shape index (κ2) is 6.33. The van der Waals surface area contributed by atoms with Crippen molar-refractivity contribution < 1.29 is 4.74 Å². The number of nitrogens with zero attached hydrogens (tertiary/aromatic N) is 1. The molecule has 1 aromatic carbocycles. The summed E-state index contributed by atoms with van der Waals surface area (Å²) in [7, 11) is 0. The predicted octanol–water partition coefficient (Wildman–Crippen LogP) is 3.31. The Kier molecular flexibility index (Phi) is 4.28. The maximum absolute atomic E-state index is 5.68. The highest BCUT2D eigenvalue weighted by atomic mass is 16.5. The summed E-state index contributed by atoms with van der Waals surface area (Å²) in [5, 5.41) is 6.14. The first-order valence-corrected chi connectivity index (χ1v) is 7.55. The molecule has 1 saturated heterocycles. The van der Waals surface area contributed by atoms with Crippen molar-refractivity contribution in [2.75, 3.05) is 19.8 Å². The van der Waals surface area contributed by atoms with Gasteiger partial charge in [0.15, 0.2) is 0 Å². The third kappa shape index (κ3) is 2.69. The SMILES string of the molecule is CCNC(c1nccc2ccccc12)C1CCCOC1. The Labute approximate surface area is 120 Å². The zero-order valence-corrected chi connectivity index (χ0v) is 12.0. The number of benzene rings is 1. The molecule has 1 aliphatic rings. The van der Waals surface area contributed by atoms with Gasteiger partial charge in [-0.2, -0.15) is 0 Å². The van der Waals surface area contributed by atoms with Crippen molar-refractivity contribution in [3.8, 4) is 0 Å². The smallest absolute Gasteiger partial charge is 0.0655 e. The van der Waals surface area contributed by atoms with E-state index in [2.05, 4.69) is 47.6 Å². The van der Waals surface area contributed by atoms with Gasteiger partial charge in [-0.05, 0) is 30.8 Å². The number of pyridine rings is 1. The Hall–Kier alpha value is -1.45. The summed E-state index contributed by atoms with van der Waals surface area (Å²) in [6, 6.07) is 10.9. The van der Waals surface area contributed by atoms with E-state index in [-0.39, 0.29) is 6.04 Å². The highest BCUT2D eigenvalue weighted by molar-refractivity contribution is 5.84. The molecule has 0 amide bonds.